The Labute approximate surface area is 184 Å². The monoisotopic (exact) mass is 418 g/mol. The molecule has 0 aliphatic rings. The molecule has 0 aromatic heterocycles. The molecule has 0 fully saturated rings. The van der Waals surface area contributed by atoms with Crippen LogP contribution in [0, 0.1) is 20.8 Å². The second-order valence-corrected chi connectivity index (χ2v) is 7.07. The molecule has 31 heavy (non-hydrogen) atoms. The molecule has 162 valence electrons. The highest BCUT2D eigenvalue weighted by molar-refractivity contribution is 6.45. The molecule has 0 heterocycles. The van der Waals surface area contributed by atoms with Gasteiger partial charge in [-0.15, -0.1) is 0 Å². The van der Waals surface area contributed by atoms with Crippen LogP contribution in [0.15, 0.2) is 78.0 Å². The molecule has 0 spiro atoms. The van der Waals surface area contributed by atoms with Crippen molar-refractivity contribution in [3.05, 3.63) is 101 Å². The van der Waals surface area contributed by atoms with Gasteiger partial charge in [0.05, 0.1) is 0 Å². The van der Waals surface area contributed by atoms with Crippen molar-refractivity contribution in [3.63, 3.8) is 0 Å². The maximum atomic E-state index is 12.1. The average molecular weight is 419 g/mol. The maximum absolute atomic E-state index is 12.1. The van der Waals surface area contributed by atoms with Crippen molar-refractivity contribution < 1.29 is 14.4 Å². The van der Waals surface area contributed by atoms with Crippen LogP contribution in [-0.4, -0.2) is 25.8 Å². The fraction of sp³-hybridized carbons (Fsp3) is 0.231. The number of ether oxygens (including phenoxy) is 1. The van der Waals surface area contributed by atoms with Crippen molar-refractivity contribution in [2.24, 2.45) is 5.16 Å². The van der Waals surface area contributed by atoms with E-state index in [1.165, 1.54) is 12.7 Å². The molecule has 0 radical (unpaired) electrons. The van der Waals surface area contributed by atoms with E-state index in [0.717, 1.165) is 22.4 Å². The molecule has 3 rings (SSSR count). The molecule has 0 unspecified atom stereocenters. The topological polar surface area (TPSA) is 59.9 Å². The minimum atomic E-state index is -0.309. The van der Waals surface area contributed by atoms with Crippen LogP contribution in [-0.2, 0) is 16.2 Å². The number of carbonyl (C=O) groups excluding carboxylic acids is 1. The van der Waals surface area contributed by atoms with Gasteiger partial charge in [0, 0.05) is 12.6 Å². The summed E-state index contributed by atoms with van der Waals surface area (Å²) in [5, 5.41) is 6.44. The number of aryl methyl sites for hydroxylation is 3. The highest BCUT2D eigenvalue weighted by Gasteiger charge is 2.17. The lowest BCUT2D eigenvalue weighted by atomic mass is 10.0. The minimum Gasteiger partial charge on any atom is -0.489 e. The first kappa shape index (κ1) is 23.7. The van der Waals surface area contributed by atoms with Gasteiger partial charge in [-0.3, -0.25) is 4.79 Å². The zero-order valence-electron chi connectivity index (χ0n) is 18.8. The lowest BCUT2D eigenvalue weighted by Crippen LogP contribution is -2.29. The Morgan fingerprint density at radius 1 is 0.903 bits per heavy atom. The summed E-state index contributed by atoms with van der Waals surface area (Å²) in [4.78, 5) is 16.9. The number of rotatable bonds is 6. The Morgan fingerprint density at radius 2 is 1.58 bits per heavy atom. The van der Waals surface area contributed by atoms with Gasteiger partial charge in [0.15, 0.2) is 5.71 Å². The van der Waals surface area contributed by atoms with Gasteiger partial charge in [0.2, 0.25) is 0 Å². The number of benzene rings is 3. The first-order chi connectivity index (χ1) is 15.0. The van der Waals surface area contributed by atoms with Gasteiger partial charge in [-0.05, 0) is 43.5 Å². The van der Waals surface area contributed by atoms with Crippen molar-refractivity contribution in [3.8, 4) is 5.75 Å². The van der Waals surface area contributed by atoms with Crippen LogP contribution in [0.1, 0.15) is 27.8 Å². The molecule has 1 N–H and O–H groups in total. The first-order valence-corrected chi connectivity index (χ1v) is 10.1. The van der Waals surface area contributed by atoms with Gasteiger partial charge in [-0.2, -0.15) is 0 Å². The summed E-state index contributed by atoms with van der Waals surface area (Å²) < 4.78 is 5.96. The van der Waals surface area contributed by atoms with E-state index in [1.807, 2.05) is 74.5 Å². The lowest BCUT2D eigenvalue weighted by molar-refractivity contribution is -0.114. The number of hydrogen-bond acceptors (Lipinski definition) is 4. The summed E-state index contributed by atoms with van der Waals surface area (Å²) in [6.07, 6.45) is 0. The Balaban J connectivity index is 0.000000412. The van der Waals surface area contributed by atoms with Crippen LogP contribution >= 0.6 is 0 Å². The van der Waals surface area contributed by atoms with E-state index in [4.69, 9.17) is 9.57 Å². The van der Waals surface area contributed by atoms with Crippen molar-refractivity contribution in [1.29, 1.82) is 0 Å². The zero-order chi connectivity index (χ0) is 22.6. The Morgan fingerprint density at radius 3 is 2.19 bits per heavy atom. The third-order valence-corrected chi connectivity index (χ3v) is 4.56. The molecule has 5 heteroatoms. The van der Waals surface area contributed by atoms with Crippen molar-refractivity contribution in [1.82, 2.24) is 5.32 Å². The smallest absolute Gasteiger partial charge is 0.273 e. The molecule has 1 amide bonds. The highest BCUT2D eigenvalue weighted by atomic mass is 16.6. The summed E-state index contributed by atoms with van der Waals surface area (Å²) in [7, 11) is 2.97. The average Bonchev–Trinajstić information content (AvgIpc) is 2.79. The molecule has 3 aromatic carbocycles. The summed E-state index contributed by atoms with van der Waals surface area (Å²) in [6, 6.07) is 23.8. The van der Waals surface area contributed by atoms with Crippen LogP contribution in [0.5, 0.6) is 5.75 Å². The first-order valence-electron chi connectivity index (χ1n) is 10.1. The second-order valence-electron chi connectivity index (χ2n) is 7.07. The van der Waals surface area contributed by atoms with E-state index in [9.17, 15) is 4.79 Å². The summed E-state index contributed by atoms with van der Waals surface area (Å²) in [6.45, 7) is 6.44. The predicted octanol–water partition coefficient (Wildman–Crippen LogP) is 4.97. The molecule has 0 bridgehead atoms. The number of oxime groups is 1. The Kier molecular flexibility index (Phi) is 9.30. The van der Waals surface area contributed by atoms with Crippen LogP contribution in [0.3, 0.4) is 0 Å². The molecule has 0 saturated carbocycles. The van der Waals surface area contributed by atoms with E-state index in [2.05, 4.69) is 29.5 Å². The molecule has 0 saturated heterocycles. The van der Waals surface area contributed by atoms with E-state index in [0.29, 0.717) is 12.2 Å². The van der Waals surface area contributed by atoms with Crippen LogP contribution in [0.4, 0.5) is 0 Å². The maximum Gasteiger partial charge on any atom is 0.273 e. The van der Waals surface area contributed by atoms with Gasteiger partial charge in [-0.25, -0.2) is 0 Å². The third-order valence-electron chi connectivity index (χ3n) is 4.56. The molecule has 0 aliphatic heterocycles. The molecule has 0 atom stereocenters. The van der Waals surface area contributed by atoms with Gasteiger partial charge in [0.1, 0.15) is 19.5 Å². The Hall–Kier alpha value is -3.60. The summed E-state index contributed by atoms with van der Waals surface area (Å²) in [5.74, 6) is 0.519. The van der Waals surface area contributed by atoms with Crippen molar-refractivity contribution in [2.75, 3.05) is 14.2 Å². The number of amides is 1. The largest absolute Gasteiger partial charge is 0.489 e. The number of hydrogen-bond donors (Lipinski definition) is 1. The lowest BCUT2D eigenvalue weighted by Gasteiger charge is -2.13. The van der Waals surface area contributed by atoms with Gasteiger partial charge < -0.3 is 14.9 Å². The molecular formula is C26H30N2O3. The van der Waals surface area contributed by atoms with Gasteiger partial charge in [-0.1, -0.05) is 77.4 Å². The van der Waals surface area contributed by atoms with E-state index < -0.39 is 0 Å². The minimum absolute atomic E-state index is 0.222. The third kappa shape index (κ3) is 7.30. The molecular weight excluding hydrogens is 388 g/mol. The van der Waals surface area contributed by atoms with E-state index >= 15 is 0 Å². The summed E-state index contributed by atoms with van der Waals surface area (Å²) >= 11 is 0. The van der Waals surface area contributed by atoms with Crippen LogP contribution in [0.25, 0.3) is 0 Å². The number of nitrogens with one attached hydrogen (secondary N) is 1. The predicted molar refractivity (Wildman–Crippen MR) is 125 cm³/mol. The Bertz CT molecular complexity index is 1010. The zero-order valence-corrected chi connectivity index (χ0v) is 18.8. The molecule has 5 nitrogen and oxygen atoms in total. The van der Waals surface area contributed by atoms with Gasteiger partial charge >= 0.3 is 0 Å². The fourth-order valence-electron chi connectivity index (χ4n) is 2.85. The second kappa shape index (κ2) is 12.2. The number of nitrogens with zero attached hydrogens (tertiary/aromatic N) is 1. The number of likely N-dealkylation sites (N-methyl/N-ethyl adjacent to an activating group) is 1. The van der Waals surface area contributed by atoms with E-state index in [-0.39, 0.29) is 11.6 Å². The highest BCUT2D eigenvalue weighted by Crippen LogP contribution is 2.21. The van der Waals surface area contributed by atoms with Crippen molar-refractivity contribution in [2.45, 2.75) is 27.4 Å². The number of carbonyl (C=O) groups is 1. The van der Waals surface area contributed by atoms with Crippen LogP contribution in [0.2, 0.25) is 0 Å². The fourth-order valence-corrected chi connectivity index (χ4v) is 2.85. The normalized spacial score (nSPS) is 10.5. The quantitative estimate of drug-likeness (QED) is 0.454. The van der Waals surface area contributed by atoms with Gasteiger partial charge in [0.25, 0.3) is 5.91 Å². The molecule has 0 aliphatic carbocycles. The SMILES string of the molecule is CNC(=O)C(=NOC)c1ccccc1COc1cc(C)ccc1C.Cc1ccccc1. The van der Waals surface area contributed by atoms with E-state index in [1.54, 1.807) is 7.05 Å². The molecule has 3 aromatic rings. The standard InChI is InChI=1S/C19H22N2O3.C7H8/c1-13-9-10-14(2)17(11-13)24-12-15-7-5-6-8-16(15)18(21-23-4)19(22)20-3;1-7-5-3-2-4-6-7/h5-11H,12H2,1-4H3,(H,20,22);2-6H,1H3. The van der Waals surface area contributed by atoms with Crippen LogP contribution < -0.4 is 10.1 Å². The summed E-state index contributed by atoms with van der Waals surface area (Å²) in [5.41, 5.74) is 5.29. The van der Waals surface area contributed by atoms with Crippen molar-refractivity contribution >= 4 is 11.6 Å².